The second-order valence-corrected chi connectivity index (χ2v) is 7.48. The molecule has 0 unspecified atom stereocenters. The molecule has 122 valence electrons. The van der Waals surface area contributed by atoms with Gasteiger partial charge in [0.25, 0.3) is 0 Å². The lowest BCUT2D eigenvalue weighted by Crippen LogP contribution is -2.40. The van der Waals surface area contributed by atoms with Crippen LogP contribution in [0.4, 0.5) is 4.39 Å². The number of hydrogen-bond donors (Lipinski definition) is 1. The van der Waals surface area contributed by atoms with E-state index in [1.807, 2.05) is 0 Å². The molecule has 1 aliphatic rings. The van der Waals surface area contributed by atoms with E-state index in [1.54, 1.807) is 0 Å². The highest BCUT2D eigenvalue weighted by Gasteiger charge is 2.36. The Morgan fingerprint density at radius 3 is 2.55 bits per heavy atom. The summed E-state index contributed by atoms with van der Waals surface area (Å²) in [6.45, 7) is -0.188. The number of halogens is 2. The number of nitrogens with zero attached hydrogens (tertiary/aromatic N) is 1. The molecule has 22 heavy (non-hydrogen) atoms. The molecule has 5 nitrogen and oxygen atoms in total. The Bertz CT molecular complexity index is 639. The topological polar surface area (TPSA) is 74.7 Å². The minimum atomic E-state index is -4.18. The van der Waals surface area contributed by atoms with Gasteiger partial charge in [0.15, 0.2) is 0 Å². The average molecular weight is 350 g/mol. The first-order valence-corrected chi connectivity index (χ1v) is 8.83. The van der Waals surface area contributed by atoms with Gasteiger partial charge >= 0.3 is 5.97 Å². The Balaban J connectivity index is 2.41. The standard InChI is InChI=1S/C14H17ClFNO4S/c15-11-6-3-7-12(16)14(11)22(20,21)17(9-8-13(18)19)10-4-1-2-5-10/h3,6-7,10H,1-2,4-5,8-9H2,(H,18,19). The molecule has 0 radical (unpaired) electrons. The molecule has 0 aliphatic heterocycles. The Labute approximate surface area is 133 Å². The number of carboxylic acid groups (broad SMARTS) is 1. The summed E-state index contributed by atoms with van der Waals surface area (Å²) < 4.78 is 40.6. The fraction of sp³-hybridized carbons (Fsp3) is 0.500. The summed E-state index contributed by atoms with van der Waals surface area (Å²) in [6, 6.07) is 3.36. The van der Waals surface area contributed by atoms with Gasteiger partial charge in [-0.25, -0.2) is 12.8 Å². The van der Waals surface area contributed by atoms with Crippen molar-refractivity contribution in [1.29, 1.82) is 0 Å². The van der Waals surface area contributed by atoms with Gasteiger partial charge in [0.1, 0.15) is 10.7 Å². The van der Waals surface area contributed by atoms with Gasteiger partial charge < -0.3 is 5.11 Å². The molecule has 0 amide bonds. The Kier molecular flexibility index (Phi) is 5.41. The number of benzene rings is 1. The monoisotopic (exact) mass is 349 g/mol. The van der Waals surface area contributed by atoms with E-state index in [1.165, 1.54) is 12.1 Å². The molecular formula is C14H17ClFNO4S. The summed E-state index contributed by atoms with van der Waals surface area (Å²) >= 11 is 5.87. The molecule has 0 bridgehead atoms. The van der Waals surface area contributed by atoms with Crippen LogP contribution in [-0.4, -0.2) is 36.4 Å². The van der Waals surface area contributed by atoms with Gasteiger partial charge in [-0.2, -0.15) is 4.31 Å². The van der Waals surface area contributed by atoms with E-state index in [0.717, 1.165) is 23.2 Å². The second kappa shape index (κ2) is 6.93. The van der Waals surface area contributed by atoms with E-state index >= 15 is 0 Å². The van der Waals surface area contributed by atoms with Crippen molar-refractivity contribution in [3.8, 4) is 0 Å². The molecule has 0 atom stereocenters. The number of sulfonamides is 1. The number of aliphatic carboxylic acids is 1. The normalized spacial score (nSPS) is 16.3. The summed E-state index contributed by atoms with van der Waals surface area (Å²) in [6.07, 6.45) is 2.70. The van der Waals surface area contributed by atoms with Crippen LogP contribution in [-0.2, 0) is 14.8 Å². The maximum absolute atomic E-state index is 14.0. The molecule has 1 N–H and O–H groups in total. The maximum atomic E-state index is 14.0. The number of rotatable bonds is 6. The predicted molar refractivity (Wildman–Crippen MR) is 79.8 cm³/mol. The van der Waals surface area contributed by atoms with Crippen LogP contribution in [0.25, 0.3) is 0 Å². The van der Waals surface area contributed by atoms with E-state index < -0.39 is 26.7 Å². The van der Waals surface area contributed by atoms with Crippen LogP contribution in [0.3, 0.4) is 0 Å². The first kappa shape index (κ1) is 17.2. The van der Waals surface area contributed by atoms with Crippen molar-refractivity contribution >= 4 is 27.6 Å². The first-order valence-electron chi connectivity index (χ1n) is 7.01. The van der Waals surface area contributed by atoms with Crippen LogP contribution in [0.1, 0.15) is 32.1 Å². The van der Waals surface area contributed by atoms with Gasteiger partial charge in [0.05, 0.1) is 11.4 Å². The number of carbonyl (C=O) groups is 1. The molecule has 8 heteroatoms. The predicted octanol–water partition coefficient (Wildman–Crippen LogP) is 2.89. The zero-order chi connectivity index (χ0) is 16.3. The SMILES string of the molecule is O=C(O)CCN(C1CCCC1)S(=O)(=O)c1c(F)cccc1Cl. The Morgan fingerprint density at radius 1 is 1.36 bits per heavy atom. The van der Waals surface area contributed by atoms with Crippen molar-refractivity contribution in [3.63, 3.8) is 0 Å². The molecule has 1 saturated carbocycles. The summed E-state index contributed by atoms with van der Waals surface area (Å²) in [7, 11) is -4.18. The molecule has 1 aromatic rings. The van der Waals surface area contributed by atoms with Crippen LogP contribution >= 0.6 is 11.6 Å². The van der Waals surface area contributed by atoms with Crippen molar-refractivity contribution in [2.45, 2.75) is 43.0 Å². The van der Waals surface area contributed by atoms with Crippen molar-refractivity contribution in [2.24, 2.45) is 0 Å². The largest absolute Gasteiger partial charge is 0.481 e. The van der Waals surface area contributed by atoms with E-state index in [9.17, 15) is 17.6 Å². The minimum absolute atomic E-state index is 0.188. The first-order chi connectivity index (χ1) is 10.3. The molecule has 0 aromatic heterocycles. The third kappa shape index (κ3) is 3.59. The van der Waals surface area contributed by atoms with E-state index in [0.29, 0.717) is 12.8 Å². The second-order valence-electron chi connectivity index (χ2n) is 5.25. The summed E-state index contributed by atoms with van der Waals surface area (Å²) in [5.74, 6) is -2.02. The van der Waals surface area contributed by atoms with Crippen LogP contribution in [0, 0.1) is 5.82 Å². The minimum Gasteiger partial charge on any atom is -0.481 e. The summed E-state index contributed by atoms with van der Waals surface area (Å²) in [5.41, 5.74) is 0. The zero-order valence-corrected chi connectivity index (χ0v) is 13.4. The van der Waals surface area contributed by atoms with Crippen LogP contribution in [0.15, 0.2) is 23.1 Å². The zero-order valence-electron chi connectivity index (χ0n) is 11.8. The quantitative estimate of drug-likeness (QED) is 0.856. The van der Waals surface area contributed by atoms with Gasteiger partial charge in [-0.15, -0.1) is 0 Å². The fourth-order valence-corrected chi connectivity index (χ4v) is 5.00. The smallest absolute Gasteiger partial charge is 0.304 e. The highest BCUT2D eigenvalue weighted by molar-refractivity contribution is 7.89. The van der Waals surface area contributed by atoms with Gasteiger partial charge in [-0.3, -0.25) is 4.79 Å². The average Bonchev–Trinajstić information content (AvgIpc) is 2.91. The van der Waals surface area contributed by atoms with Crippen molar-refractivity contribution in [3.05, 3.63) is 29.0 Å². The van der Waals surface area contributed by atoms with Crippen LogP contribution < -0.4 is 0 Å². The lowest BCUT2D eigenvalue weighted by molar-refractivity contribution is -0.137. The third-order valence-electron chi connectivity index (χ3n) is 3.76. The van der Waals surface area contributed by atoms with Gasteiger partial charge in [-0.05, 0) is 25.0 Å². The lowest BCUT2D eigenvalue weighted by atomic mass is 10.2. The van der Waals surface area contributed by atoms with Gasteiger partial charge in [-0.1, -0.05) is 30.5 Å². The van der Waals surface area contributed by atoms with Gasteiger partial charge in [0, 0.05) is 12.6 Å². The summed E-state index contributed by atoms with van der Waals surface area (Å²) in [4.78, 5) is 10.2. The number of hydrogen-bond acceptors (Lipinski definition) is 3. The molecule has 1 aliphatic carbocycles. The van der Waals surface area contributed by atoms with Crippen LogP contribution in [0.5, 0.6) is 0 Å². The molecule has 1 aromatic carbocycles. The molecule has 1 fully saturated rings. The van der Waals surface area contributed by atoms with Crippen LogP contribution in [0.2, 0.25) is 5.02 Å². The molecular weight excluding hydrogens is 333 g/mol. The Hall–Kier alpha value is -1.18. The highest BCUT2D eigenvalue weighted by atomic mass is 35.5. The van der Waals surface area contributed by atoms with Crippen molar-refractivity contribution in [1.82, 2.24) is 4.31 Å². The van der Waals surface area contributed by atoms with Crippen molar-refractivity contribution in [2.75, 3.05) is 6.54 Å². The summed E-state index contributed by atoms with van der Waals surface area (Å²) in [5, 5.41) is 8.63. The maximum Gasteiger partial charge on any atom is 0.304 e. The van der Waals surface area contributed by atoms with E-state index in [2.05, 4.69) is 0 Å². The third-order valence-corrected chi connectivity index (χ3v) is 6.22. The Morgan fingerprint density at radius 2 is 2.00 bits per heavy atom. The van der Waals surface area contributed by atoms with E-state index in [4.69, 9.17) is 16.7 Å². The lowest BCUT2D eigenvalue weighted by Gasteiger charge is -2.28. The fourth-order valence-electron chi connectivity index (χ4n) is 2.74. The van der Waals surface area contributed by atoms with Crippen molar-refractivity contribution < 1.29 is 22.7 Å². The molecule has 0 spiro atoms. The molecule has 0 heterocycles. The molecule has 2 rings (SSSR count). The molecule has 0 saturated heterocycles. The highest BCUT2D eigenvalue weighted by Crippen LogP contribution is 2.33. The van der Waals surface area contributed by atoms with E-state index in [-0.39, 0.29) is 24.0 Å². The van der Waals surface area contributed by atoms with Gasteiger partial charge in [0.2, 0.25) is 10.0 Å². The number of carboxylic acids is 1.